The van der Waals surface area contributed by atoms with Gasteiger partial charge in [0.1, 0.15) is 6.61 Å². The van der Waals surface area contributed by atoms with E-state index in [2.05, 4.69) is 0 Å². The molecule has 92 valence electrons. The molecule has 3 nitrogen and oxygen atoms in total. The largest absolute Gasteiger partial charge is 0.374 e. The van der Waals surface area contributed by atoms with Gasteiger partial charge in [-0.1, -0.05) is 29.3 Å². The van der Waals surface area contributed by atoms with Crippen molar-refractivity contribution < 1.29 is 14.3 Å². The topological polar surface area (TPSA) is 35.5 Å². The van der Waals surface area contributed by atoms with Gasteiger partial charge in [-0.2, -0.15) is 0 Å². The Bertz CT molecular complexity index is 420. The van der Waals surface area contributed by atoms with Crippen LogP contribution in [0.3, 0.4) is 0 Å². The average Bonchev–Trinajstić information content (AvgIpc) is 2.68. The SMILES string of the molecule is O=C1COC(COCc2ccc(Cl)cc2Cl)C1. The summed E-state index contributed by atoms with van der Waals surface area (Å²) in [6.07, 6.45) is 0.322. The molecule has 0 saturated carbocycles. The number of benzene rings is 1. The lowest BCUT2D eigenvalue weighted by Gasteiger charge is -2.10. The van der Waals surface area contributed by atoms with Gasteiger partial charge in [0.25, 0.3) is 0 Å². The Kier molecular flexibility index (Phi) is 4.40. The van der Waals surface area contributed by atoms with Crippen molar-refractivity contribution in [2.75, 3.05) is 13.2 Å². The number of Topliss-reactive ketones (excluding diaryl/α,β-unsaturated/α-hetero) is 1. The minimum absolute atomic E-state index is 0.117. The van der Waals surface area contributed by atoms with Crippen LogP contribution in [0.2, 0.25) is 10.0 Å². The molecule has 1 aliphatic heterocycles. The third kappa shape index (κ3) is 3.68. The maximum Gasteiger partial charge on any atom is 0.161 e. The molecule has 0 spiro atoms. The minimum atomic E-state index is -0.117. The molecule has 2 rings (SSSR count). The smallest absolute Gasteiger partial charge is 0.161 e. The van der Waals surface area contributed by atoms with E-state index < -0.39 is 0 Å². The summed E-state index contributed by atoms with van der Waals surface area (Å²) < 4.78 is 10.7. The number of halogens is 2. The summed E-state index contributed by atoms with van der Waals surface area (Å²) in [5.74, 6) is 0.128. The van der Waals surface area contributed by atoms with Crippen molar-refractivity contribution in [2.45, 2.75) is 19.1 Å². The van der Waals surface area contributed by atoms with Gasteiger partial charge in [-0.25, -0.2) is 0 Å². The molecule has 5 heteroatoms. The molecule has 0 amide bonds. The van der Waals surface area contributed by atoms with Gasteiger partial charge in [0.2, 0.25) is 0 Å². The zero-order valence-electron chi connectivity index (χ0n) is 9.12. The van der Waals surface area contributed by atoms with Crippen molar-refractivity contribution in [3.8, 4) is 0 Å². The maximum atomic E-state index is 11.0. The van der Waals surface area contributed by atoms with Crippen molar-refractivity contribution in [1.82, 2.24) is 0 Å². The highest BCUT2D eigenvalue weighted by molar-refractivity contribution is 6.35. The number of ketones is 1. The van der Waals surface area contributed by atoms with E-state index in [1.54, 1.807) is 12.1 Å². The Hall–Kier alpha value is -0.610. The second-order valence-electron chi connectivity index (χ2n) is 3.93. The zero-order chi connectivity index (χ0) is 12.3. The van der Waals surface area contributed by atoms with Crippen molar-refractivity contribution >= 4 is 29.0 Å². The van der Waals surface area contributed by atoms with Crippen LogP contribution in [0.15, 0.2) is 18.2 Å². The lowest BCUT2D eigenvalue weighted by molar-refractivity contribution is -0.117. The van der Waals surface area contributed by atoms with Crippen LogP contribution in [-0.4, -0.2) is 25.1 Å². The fourth-order valence-corrected chi connectivity index (χ4v) is 2.09. The molecular weight excluding hydrogens is 263 g/mol. The molecule has 1 aromatic carbocycles. The molecule has 1 heterocycles. The quantitative estimate of drug-likeness (QED) is 0.847. The van der Waals surface area contributed by atoms with Crippen LogP contribution in [0.5, 0.6) is 0 Å². The van der Waals surface area contributed by atoms with Crippen LogP contribution >= 0.6 is 23.2 Å². The first-order valence-corrected chi connectivity index (χ1v) is 6.05. The number of ether oxygens (including phenoxy) is 2. The van der Waals surface area contributed by atoms with Gasteiger partial charge >= 0.3 is 0 Å². The van der Waals surface area contributed by atoms with Crippen LogP contribution in [0, 0.1) is 0 Å². The van der Waals surface area contributed by atoms with E-state index in [1.165, 1.54) is 0 Å². The lowest BCUT2D eigenvalue weighted by Crippen LogP contribution is -2.14. The summed E-state index contributed by atoms with van der Waals surface area (Å²) in [4.78, 5) is 11.0. The van der Waals surface area contributed by atoms with Gasteiger partial charge in [0.15, 0.2) is 5.78 Å². The van der Waals surface area contributed by atoms with Gasteiger partial charge < -0.3 is 9.47 Å². The highest BCUT2D eigenvalue weighted by Crippen LogP contribution is 2.21. The molecule has 1 aliphatic rings. The number of rotatable bonds is 4. The van der Waals surface area contributed by atoms with E-state index in [0.717, 1.165) is 5.56 Å². The number of hydrogen-bond acceptors (Lipinski definition) is 3. The minimum Gasteiger partial charge on any atom is -0.374 e. The fraction of sp³-hybridized carbons (Fsp3) is 0.417. The van der Waals surface area contributed by atoms with Crippen molar-refractivity contribution in [3.05, 3.63) is 33.8 Å². The van der Waals surface area contributed by atoms with Gasteiger partial charge in [-0.3, -0.25) is 4.79 Å². The van der Waals surface area contributed by atoms with Gasteiger partial charge in [-0.05, 0) is 17.7 Å². The Labute approximate surface area is 110 Å². The van der Waals surface area contributed by atoms with Crippen LogP contribution in [0.4, 0.5) is 0 Å². The number of carbonyl (C=O) groups is 1. The van der Waals surface area contributed by atoms with Gasteiger partial charge in [-0.15, -0.1) is 0 Å². The van der Waals surface area contributed by atoms with E-state index in [-0.39, 0.29) is 18.5 Å². The Morgan fingerprint density at radius 2 is 2.24 bits per heavy atom. The van der Waals surface area contributed by atoms with Gasteiger partial charge in [0.05, 0.1) is 19.3 Å². The normalized spacial score (nSPS) is 19.9. The standard InChI is InChI=1S/C12H12Cl2O3/c13-9-2-1-8(12(14)3-9)5-16-7-11-4-10(15)6-17-11/h1-3,11H,4-7H2. The summed E-state index contributed by atoms with van der Waals surface area (Å²) in [6, 6.07) is 5.27. The molecule has 1 saturated heterocycles. The molecule has 1 atom stereocenters. The zero-order valence-corrected chi connectivity index (χ0v) is 10.6. The number of carbonyl (C=O) groups excluding carboxylic acids is 1. The van der Waals surface area contributed by atoms with Crippen molar-refractivity contribution in [1.29, 1.82) is 0 Å². The highest BCUT2D eigenvalue weighted by atomic mass is 35.5. The molecule has 1 unspecified atom stereocenters. The molecule has 0 bridgehead atoms. The van der Waals surface area contributed by atoms with E-state index in [0.29, 0.717) is 29.7 Å². The molecular formula is C12H12Cl2O3. The first-order chi connectivity index (χ1) is 8.15. The first kappa shape index (κ1) is 12.8. The van der Waals surface area contributed by atoms with Crippen LogP contribution in [-0.2, 0) is 20.9 Å². The Balaban J connectivity index is 1.80. The van der Waals surface area contributed by atoms with Gasteiger partial charge in [0, 0.05) is 16.5 Å². The van der Waals surface area contributed by atoms with E-state index in [1.807, 2.05) is 6.07 Å². The summed E-state index contributed by atoms with van der Waals surface area (Å²) in [6.45, 7) is 1.00. The second-order valence-corrected chi connectivity index (χ2v) is 4.77. The number of hydrogen-bond donors (Lipinski definition) is 0. The Morgan fingerprint density at radius 3 is 2.88 bits per heavy atom. The molecule has 1 fully saturated rings. The third-order valence-electron chi connectivity index (χ3n) is 2.51. The van der Waals surface area contributed by atoms with E-state index in [4.69, 9.17) is 32.7 Å². The maximum absolute atomic E-state index is 11.0. The van der Waals surface area contributed by atoms with E-state index >= 15 is 0 Å². The highest BCUT2D eigenvalue weighted by Gasteiger charge is 2.22. The molecule has 1 aromatic rings. The van der Waals surface area contributed by atoms with Crippen molar-refractivity contribution in [2.24, 2.45) is 0 Å². The van der Waals surface area contributed by atoms with E-state index in [9.17, 15) is 4.79 Å². The molecule has 0 aliphatic carbocycles. The lowest BCUT2D eigenvalue weighted by atomic mass is 10.2. The summed E-state index contributed by atoms with van der Waals surface area (Å²) >= 11 is 11.8. The predicted octanol–water partition coefficient (Wildman–Crippen LogP) is 2.87. The van der Waals surface area contributed by atoms with Crippen LogP contribution in [0.25, 0.3) is 0 Å². The molecule has 17 heavy (non-hydrogen) atoms. The summed E-state index contributed by atoms with van der Waals surface area (Å²) in [7, 11) is 0. The molecule has 0 aromatic heterocycles. The monoisotopic (exact) mass is 274 g/mol. The van der Waals surface area contributed by atoms with Crippen LogP contribution in [0.1, 0.15) is 12.0 Å². The molecule has 0 N–H and O–H groups in total. The Morgan fingerprint density at radius 1 is 1.41 bits per heavy atom. The second kappa shape index (κ2) is 5.83. The predicted molar refractivity (Wildman–Crippen MR) is 65.5 cm³/mol. The fourth-order valence-electron chi connectivity index (χ4n) is 1.63. The van der Waals surface area contributed by atoms with Crippen molar-refractivity contribution in [3.63, 3.8) is 0 Å². The summed E-state index contributed by atoms with van der Waals surface area (Å²) in [5, 5.41) is 1.18. The molecule has 0 radical (unpaired) electrons. The van der Waals surface area contributed by atoms with Crippen LogP contribution < -0.4 is 0 Å². The average molecular weight is 275 g/mol. The third-order valence-corrected chi connectivity index (χ3v) is 3.10. The summed E-state index contributed by atoms with van der Waals surface area (Å²) in [5.41, 5.74) is 0.875. The first-order valence-electron chi connectivity index (χ1n) is 5.30.